The summed E-state index contributed by atoms with van der Waals surface area (Å²) < 4.78 is 5.34. The van der Waals surface area contributed by atoms with Gasteiger partial charge in [0.05, 0.1) is 13.2 Å². The molecule has 0 amide bonds. The summed E-state index contributed by atoms with van der Waals surface area (Å²) in [6.07, 6.45) is 2.35. The van der Waals surface area contributed by atoms with Crippen molar-refractivity contribution >= 4 is 41.5 Å². The Kier molecular flexibility index (Phi) is 9.24. The van der Waals surface area contributed by atoms with Gasteiger partial charge >= 0.3 is 0 Å². The van der Waals surface area contributed by atoms with Crippen molar-refractivity contribution in [2.24, 2.45) is 4.99 Å². The van der Waals surface area contributed by atoms with Crippen LogP contribution in [0.3, 0.4) is 0 Å². The van der Waals surface area contributed by atoms with Crippen molar-refractivity contribution in [3.05, 3.63) is 34.9 Å². The first-order chi connectivity index (χ1) is 10.7. The van der Waals surface area contributed by atoms with E-state index in [1.807, 2.05) is 19.1 Å². The molecule has 1 aromatic carbocycles. The van der Waals surface area contributed by atoms with Gasteiger partial charge in [-0.3, -0.25) is 4.99 Å². The minimum absolute atomic E-state index is 0. The van der Waals surface area contributed by atoms with E-state index in [2.05, 4.69) is 29.7 Å². The smallest absolute Gasteiger partial charge is 0.191 e. The molecule has 0 aliphatic heterocycles. The Balaban J connectivity index is 0.00000264. The largest absolute Gasteiger partial charge is 0.380 e. The monoisotopic (exact) mass is 451 g/mol. The van der Waals surface area contributed by atoms with Gasteiger partial charge in [-0.2, -0.15) is 0 Å². The Morgan fingerprint density at radius 1 is 1.30 bits per heavy atom. The minimum atomic E-state index is 0. The molecule has 4 nitrogen and oxygen atoms in total. The van der Waals surface area contributed by atoms with Gasteiger partial charge in [0.15, 0.2) is 5.96 Å². The maximum atomic E-state index is 6.11. The lowest BCUT2D eigenvalue weighted by Gasteiger charge is -2.16. The first-order valence-electron chi connectivity index (χ1n) is 8.06. The van der Waals surface area contributed by atoms with Crippen molar-refractivity contribution in [3.8, 4) is 0 Å². The molecule has 0 saturated heterocycles. The predicted molar refractivity (Wildman–Crippen MR) is 108 cm³/mol. The molecule has 1 aromatic rings. The summed E-state index contributed by atoms with van der Waals surface area (Å²) in [5.74, 6) is 0.857. The Morgan fingerprint density at radius 3 is 2.70 bits per heavy atom. The van der Waals surface area contributed by atoms with Crippen LogP contribution < -0.4 is 10.6 Å². The Hall–Kier alpha value is -0.530. The van der Waals surface area contributed by atoms with Crippen LogP contribution in [-0.2, 0) is 10.2 Å². The van der Waals surface area contributed by atoms with Crippen LogP contribution >= 0.6 is 35.6 Å². The van der Waals surface area contributed by atoms with Gasteiger partial charge in [0.25, 0.3) is 0 Å². The lowest BCUT2D eigenvalue weighted by Crippen LogP contribution is -2.39. The Morgan fingerprint density at radius 2 is 2.09 bits per heavy atom. The third-order valence-corrected chi connectivity index (χ3v) is 4.15. The average Bonchev–Trinajstić information content (AvgIpc) is 3.30. The molecule has 0 heterocycles. The summed E-state index contributed by atoms with van der Waals surface area (Å²) in [6, 6.07) is 8.17. The van der Waals surface area contributed by atoms with E-state index in [4.69, 9.17) is 21.3 Å². The maximum absolute atomic E-state index is 6.11. The number of guanidine groups is 1. The van der Waals surface area contributed by atoms with Crippen molar-refractivity contribution in [2.45, 2.75) is 32.1 Å². The molecule has 2 N–H and O–H groups in total. The Bertz CT molecular complexity index is 506. The number of hydrogen-bond donors (Lipinski definition) is 2. The molecule has 0 atom stereocenters. The van der Waals surface area contributed by atoms with Crippen LogP contribution in [-0.4, -0.2) is 38.8 Å². The standard InChI is InChI=1S/C17H26ClN3O.HI/c1-3-19-16(20-10-11-22-4-2)21-13-17(8-9-17)14-6-5-7-15(18)12-14;/h5-7,12H,3-4,8-11,13H2,1-2H3,(H2,19,20,21);1H. The van der Waals surface area contributed by atoms with Crippen LogP contribution in [0.5, 0.6) is 0 Å². The lowest BCUT2D eigenvalue weighted by atomic mass is 9.96. The molecular weight excluding hydrogens is 425 g/mol. The molecular formula is C17H27ClIN3O. The second-order valence-electron chi connectivity index (χ2n) is 5.61. The fourth-order valence-electron chi connectivity index (χ4n) is 2.47. The number of nitrogens with zero attached hydrogens (tertiary/aromatic N) is 1. The Labute approximate surface area is 161 Å². The highest BCUT2D eigenvalue weighted by atomic mass is 127. The summed E-state index contributed by atoms with van der Waals surface area (Å²) in [5.41, 5.74) is 1.47. The zero-order valence-electron chi connectivity index (χ0n) is 13.9. The van der Waals surface area contributed by atoms with Gasteiger partial charge in [0.2, 0.25) is 0 Å². The molecule has 0 aromatic heterocycles. The van der Waals surface area contributed by atoms with E-state index in [9.17, 15) is 0 Å². The predicted octanol–water partition coefficient (Wildman–Crippen LogP) is 3.58. The van der Waals surface area contributed by atoms with Crippen molar-refractivity contribution in [2.75, 3.05) is 32.8 Å². The summed E-state index contributed by atoms with van der Waals surface area (Å²) in [4.78, 5) is 4.75. The molecule has 1 aliphatic carbocycles. The van der Waals surface area contributed by atoms with Crippen LogP contribution in [0.4, 0.5) is 0 Å². The minimum Gasteiger partial charge on any atom is -0.380 e. The zero-order chi connectivity index (χ0) is 15.8. The fraction of sp³-hybridized carbons (Fsp3) is 0.588. The highest BCUT2D eigenvalue weighted by molar-refractivity contribution is 14.0. The van der Waals surface area contributed by atoms with E-state index in [0.29, 0.717) is 6.61 Å². The van der Waals surface area contributed by atoms with Crippen LogP contribution in [0.25, 0.3) is 0 Å². The summed E-state index contributed by atoms with van der Waals surface area (Å²) in [6.45, 7) is 7.92. The van der Waals surface area contributed by atoms with Gasteiger partial charge in [-0.1, -0.05) is 23.7 Å². The first kappa shape index (κ1) is 20.5. The first-order valence-corrected chi connectivity index (χ1v) is 8.44. The van der Waals surface area contributed by atoms with E-state index in [1.165, 1.54) is 18.4 Å². The molecule has 2 rings (SSSR count). The third kappa shape index (κ3) is 6.47. The van der Waals surface area contributed by atoms with Crippen molar-refractivity contribution < 1.29 is 4.74 Å². The van der Waals surface area contributed by atoms with Crippen LogP contribution in [0.2, 0.25) is 5.02 Å². The number of rotatable bonds is 8. The van der Waals surface area contributed by atoms with Crippen LogP contribution in [0.1, 0.15) is 32.3 Å². The molecule has 130 valence electrons. The molecule has 0 radical (unpaired) electrons. The van der Waals surface area contributed by atoms with Gasteiger partial charge in [-0.25, -0.2) is 0 Å². The van der Waals surface area contributed by atoms with Crippen molar-refractivity contribution in [3.63, 3.8) is 0 Å². The molecule has 0 bridgehead atoms. The number of benzene rings is 1. The highest BCUT2D eigenvalue weighted by Crippen LogP contribution is 2.48. The maximum Gasteiger partial charge on any atom is 0.191 e. The van der Waals surface area contributed by atoms with Crippen LogP contribution in [0, 0.1) is 0 Å². The SMILES string of the molecule is CCNC(=NCC1(c2cccc(Cl)c2)CC1)NCCOCC.I. The van der Waals surface area contributed by atoms with Gasteiger partial charge in [-0.15, -0.1) is 24.0 Å². The normalized spacial score (nSPS) is 15.7. The van der Waals surface area contributed by atoms with E-state index >= 15 is 0 Å². The second kappa shape index (κ2) is 10.4. The number of nitrogens with one attached hydrogen (secondary N) is 2. The molecule has 1 fully saturated rings. The number of hydrogen-bond acceptors (Lipinski definition) is 2. The van der Waals surface area contributed by atoms with E-state index in [0.717, 1.165) is 37.2 Å². The number of aliphatic imine (C=N–C) groups is 1. The van der Waals surface area contributed by atoms with Gasteiger partial charge < -0.3 is 15.4 Å². The topological polar surface area (TPSA) is 45.7 Å². The number of halogens is 2. The molecule has 23 heavy (non-hydrogen) atoms. The molecule has 1 saturated carbocycles. The van der Waals surface area contributed by atoms with Crippen LogP contribution in [0.15, 0.2) is 29.3 Å². The van der Waals surface area contributed by atoms with Crippen molar-refractivity contribution in [1.29, 1.82) is 0 Å². The molecule has 6 heteroatoms. The van der Waals surface area contributed by atoms with E-state index in [1.54, 1.807) is 0 Å². The third-order valence-electron chi connectivity index (χ3n) is 3.92. The summed E-state index contributed by atoms with van der Waals surface area (Å²) in [7, 11) is 0. The molecule has 0 spiro atoms. The van der Waals surface area contributed by atoms with Gasteiger partial charge in [-0.05, 0) is 44.4 Å². The summed E-state index contributed by atoms with van der Waals surface area (Å²) in [5, 5.41) is 7.39. The average molecular weight is 452 g/mol. The number of ether oxygens (including phenoxy) is 1. The van der Waals surface area contributed by atoms with Crippen molar-refractivity contribution in [1.82, 2.24) is 10.6 Å². The molecule has 0 unspecified atom stereocenters. The molecule has 1 aliphatic rings. The lowest BCUT2D eigenvalue weighted by molar-refractivity contribution is 0.152. The zero-order valence-corrected chi connectivity index (χ0v) is 17.0. The van der Waals surface area contributed by atoms with Gasteiger partial charge in [0, 0.05) is 30.1 Å². The quantitative estimate of drug-likeness (QED) is 0.275. The highest BCUT2D eigenvalue weighted by Gasteiger charge is 2.44. The van der Waals surface area contributed by atoms with E-state index < -0.39 is 0 Å². The summed E-state index contributed by atoms with van der Waals surface area (Å²) >= 11 is 6.11. The van der Waals surface area contributed by atoms with E-state index in [-0.39, 0.29) is 29.4 Å². The van der Waals surface area contributed by atoms with Gasteiger partial charge in [0.1, 0.15) is 0 Å². The fourth-order valence-corrected chi connectivity index (χ4v) is 2.66. The second-order valence-corrected chi connectivity index (χ2v) is 6.05.